The maximum Gasteiger partial charge on any atom is 0.0197 e. The summed E-state index contributed by atoms with van der Waals surface area (Å²) in [5.41, 5.74) is 0. The average molecular weight is 175 g/mol. The molecule has 0 aromatic carbocycles. The molecule has 0 aliphatic heterocycles. The molecule has 11 heavy (non-hydrogen) atoms. The van der Waals surface area contributed by atoms with Crippen molar-refractivity contribution in [2.45, 2.75) is 38.2 Å². The Balaban J connectivity index is 3.69. The molecule has 0 radical (unpaired) electrons. The monoisotopic (exact) mass is 175 g/mol. The molecule has 1 N–H and O–H groups in total. The predicted octanol–water partition coefficient (Wildman–Crippen LogP) is 2.37. The summed E-state index contributed by atoms with van der Waals surface area (Å²) >= 11 is 2.07. The number of hydrogen-bond donors (Lipinski definition) is 1. The molecule has 0 bridgehead atoms. The lowest BCUT2D eigenvalue weighted by molar-refractivity contribution is 0.577. The van der Waals surface area contributed by atoms with E-state index in [4.69, 9.17) is 0 Å². The summed E-state index contributed by atoms with van der Waals surface area (Å²) in [7, 11) is 2.02. The molecule has 0 aliphatic rings. The van der Waals surface area contributed by atoms with Crippen molar-refractivity contribution in [3.63, 3.8) is 0 Å². The van der Waals surface area contributed by atoms with E-state index in [9.17, 15) is 0 Å². The Labute approximate surface area is 75.3 Å². The van der Waals surface area contributed by atoms with E-state index in [0.717, 1.165) is 23.0 Å². The molecule has 0 aliphatic carbocycles. The van der Waals surface area contributed by atoms with Crippen LogP contribution in [0.3, 0.4) is 0 Å². The molecular weight excluding hydrogens is 154 g/mol. The van der Waals surface area contributed by atoms with Gasteiger partial charge in [0.25, 0.3) is 0 Å². The molecule has 0 fully saturated rings. The van der Waals surface area contributed by atoms with Gasteiger partial charge in [0.1, 0.15) is 0 Å². The van der Waals surface area contributed by atoms with E-state index in [2.05, 4.69) is 44.8 Å². The van der Waals surface area contributed by atoms with Crippen molar-refractivity contribution in [1.29, 1.82) is 0 Å². The van der Waals surface area contributed by atoms with Crippen LogP contribution >= 0.6 is 11.8 Å². The quantitative estimate of drug-likeness (QED) is 0.688. The lowest BCUT2D eigenvalue weighted by Gasteiger charge is -2.21. The van der Waals surface area contributed by atoms with E-state index >= 15 is 0 Å². The van der Waals surface area contributed by atoms with Crippen LogP contribution in [-0.2, 0) is 0 Å². The van der Waals surface area contributed by atoms with Gasteiger partial charge < -0.3 is 5.32 Å². The summed E-state index contributed by atoms with van der Waals surface area (Å²) in [6.07, 6.45) is 0. The first kappa shape index (κ1) is 11.3. The van der Waals surface area contributed by atoms with Crippen LogP contribution in [0.25, 0.3) is 0 Å². The molecule has 1 unspecified atom stereocenters. The molecule has 0 saturated carbocycles. The molecule has 0 spiro atoms. The first-order valence-electron chi connectivity index (χ1n) is 4.38. The Bertz CT molecular complexity index is 91.6. The predicted molar refractivity (Wildman–Crippen MR) is 55.3 cm³/mol. The number of hydrogen-bond acceptors (Lipinski definition) is 2. The second kappa shape index (κ2) is 5.90. The molecule has 0 heterocycles. The third kappa shape index (κ3) is 5.57. The molecular formula is C9H21NS. The third-order valence-electron chi connectivity index (χ3n) is 1.60. The van der Waals surface area contributed by atoms with Crippen LogP contribution in [0.5, 0.6) is 0 Å². The van der Waals surface area contributed by atoms with Gasteiger partial charge in [0.15, 0.2) is 0 Å². The highest BCUT2D eigenvalue weighted by atomic mass is 32.2. The van der Waals surface area contributed by atoms with Crippen molar-refractivity contribution in [3.8, 4) is 0 Å². The normalized spacial score (nSPS) is 14.5. The van der Waals surface area contributed by atoms with Gasteiger partial charge in [-0.05, 0) is 18.2 Å². The average Bonchev–Trinajstić information content (AvgIpc) is 1.86. The smallest absolute Gasteiger partial charge is 0.0197 e. The molecule has 68 valence electrons. The lowest BCUT2D eigenvalue weighted by atomic mass is 10.1. The van der Waals surface area contributed by atoms with Gasteiger partial charge in [-0.3, -0.25) is 0 Å². The fourth-order valence-electron chi connectivity index (χ4n) is 0.992. The third-order valence-corrected chi connectivity index (χ3v) is 3.20. The van der Waals surface area contributed by atoms with Crippen LogP contribution in [-0.4, -0.2) is 24.1 Å². The van der Waals surface area contributed by atoms with Gasteiger partial charge in [0.05, 0.1) is 0 Å². The number of rotatable bonds is 5. The Hall–Kier alpha value is 0.310. The van der Waals surface area contributed by atoms with Crippen molar-refractivity contribution >= 4 is 11.8 Å². The highest BCUT2D eigenvalue weighted by molar-refractivity contribution is 8.00. The highest BCUT2D eigenvalue weighted by Gasteiger charge is 2.13. The van der Waals surface area contributed by atoms with Crippen LogP contribution in [0.15, 0.2) is 0 Å². The van der Waals surface area contributed by atoms with Crippen molar-refractivity contribution in [2.24, 2.45) is 5.92 Å². The summed E-state index contributed by atoms with van der Waals surface area (Å²) in [6, 6.07) is 0. The van der Waals surface area contributed by atoms with Crippen molar-refractivity contribution < 1.29 is 0 Å². The van der Waals surface area contributed by atoms with Gasteiger partial charge in [0.2, 0.25) is 0 Å². The second-order valence-corrected chi connectivity index (χ2v) is 5.35. The van der Waals surface area contributed by atoms with Crippen molar-refractivity contribution in [1.82, 2.24) is 5.32 Å². The Morgan fingerprint density at radius 1 is 1.18 bits per heavy atom. The van der Waals surface area contributed by atoms with E-state index < -0.39 is 0 Å². The maximum absolute atomic E-state index is 3.23. The van der Waals surface area contributed by atoms with Crippen LogP contribution in [0.1, 0.15) is 27.7 Å². The summed E-state index contributed by atoms with van der Waals surface area (Å²) in [5, 5.41) is 4.74. The van der Waals surface area contributed by atoms with Crippen LogP contribution in [0, 0.1) is 5.92 Å². The van der Waals surface area contributed by atoms with Crippen LogP contribution in [0.2, 0.25) is 0 Å². The van der Waals surface area contributed by atoms with E-state index in [0.29, 0.717) is 0 Å². The van der Waals surface area contributed by atoms with Crippen molar-refractivity contribution in [2.75, 3.05) is 13.6 Å². The van der Waals surface area contributed by atoms with Gasteiger partial charge in [-0.2, -0.15) is 11.8 Å². The minimum Gasteiger partial charge on any atom is -0.319 e. The molecule has 1 nitrogen and oxygen atoms in total. The van der Waals surface area contributed by atoms with Gasteiger partial charge in [-0.25, -0.2) is 0 Å². The maximum atomic E-state index is 3.23. The van der Waals surface area contributed by atoms with Crippen molar-refractivity contribution in [3.05, 3.63) is 0 Å². The zero-order chi connectivity index (χ0) is 8.85. The number of nitrogens with one attached hydrogen (secondary N) is 1. The standard InChI is InChI=1S/C9H21NS/c1-7(2)9(6-10-5)11-8(3)4/h7-10H,6H2,1-5H3. The Morgan fingerprint density at radius 2 is 1.73 bits per heavy atom. The topological polar surface area (TPSA) is 12.0 Å². The Kier molecular flexibility index (Phi) is 6.06. The molecule has 0 aromatic rings. The van der Waals surface area contributed by atoms with Gasteiger partial charge >= 0.3 is 0 Å². The van der Waals surface area contributed by atoms with E-state index in [1.54, 1.807) is 0 Å². The lowest BCUT2D eigenvalue weighted by Crippen LogP contribution is -2.26. The number of thioether (sulfide) groups is 1. The minimum atomic E-state index is 0.746. The molecule has 0 aromatic heterocycles. The summed E-state index contributed by atoms with van der Waals surface area (Å²) in [4.78, 5) is 0. The Morgan fingerprint density at radius 3 is 2.00 bits per heavy atom. The molecule has 0 amide bonds. The summed E-state index contributed by atoms with van der Waals surface area (Å²) in [6.45, 7) is 10.2. The van der Waals surface area contributed by atoms with Gasteiger partial charge in [0, 0.05) is 11.8 Å². The molecule has 0 saturated heterocycles. The minimum absolute atomic E-state index is 0.746. The van der Waals surface area contributed by atoms with Gasteiger partial charge in [-0.15, -0.1) is 0 Å². The first-order valence-corrected chi connectivity index (χ1v) is 5.32. The second-order valence-electron chi connectivity index (χ2n) is 3.52. The van der Waals surface area contributed by atoms with Crippen LogP contribution < -0.4 is 5.32 Å². The zero-order valence-corrected chi connectivity index (χ0v) is 9.16. The summed E-state index contributed by atoms with van der Waals surface area (Å²) in [5.74, 6) is 0.773. The zero-order valence-electron chi connectivity index (χ0n) is 8.35. The van der Waals surface area contributed by atoms with E-state index in [1.807, 2.05) is 7.05 Å². The van der Waals surface area contributed by atoms with E-state index in [1.165, 1.54) is 0 Å². The fourth-order valence-corrected chi connectivity index (χ4v) is 2.27. The summed E-state index contributed by atoms with van der Waals surface area (Å²) < 4.78 is 0. The van der Waals surface area contributed by atoms with Gasteiger partial charge in [-0.1, -0.05) is 27.7 Å². The molecule has 2 heteroatoms. The molecule has 0 rings (SSSR count). The SMILES string of the molecule is CNCC(SC(C)C)C(C)C. The fraction of sp³-hybridized carbons (Fsp3) is 1.00. The van der Waals surface area contributed by atoms with E-state index in [-0.39, 0.29) is 0 Å². The largest absolute Gasteiger partial charge is 0.319 e. The van der Waals surface area contributed by atoms with Crippen LogP contribution in [0.4, 0.5) is 0 Å². The molecule has 1 atom stereocenters. The highest BCUT2D eigenvalue weighted by Crippen LogP contribution is 2.22. The first-order chi connectivity index (χ1) is 5.07.